The highest BCUT2D eigenvalue weighted by molar-refractivity contribution is 4.88. The first-order valence-electron chi connectivity index (χ1n) is 4.00. The van der Waals surface area contributed by atoms with E-state index in [1.165, 1.54) is 0 Å². The van der Waals surface area contributed by atoms with Gasteiger partial charge in [-0.3, -0.25) is 4.98 Å². The molecule has 66 valence electrons. The van der Waals surface area contributed by atoms with Crippen molar-refractivity contribution in [3.05, 3.63) is 30.6 Å². The van der Waals surface area contributed by atoms with Gasteiger partial charge >= 0.3 is 0 Å². The van der Waals surface area contributed by atoms with Gasteiger partial charge in [-0.1, -0.05) is 6.07 Å². The van der Waals surface area contributed by atoms with Gasteiger partial charge in [0.1, 0.15) is 6.79 Å². The van der Waals surface area contributed by atoms with E-state index in [9.17, 15) is 0 Å². The molecule has 0 amide bonds. The highest BCUT2D eigenvalue weighted by Gasteiger charge is 1.94. The van der Waals surface area contributed by atoms with Crippen molar-refractivity contribution >= 4 is 0 Å². The molecule has 3 heteroatoms. The summed E-state index contributed by atoms with van der Waals surface area (Å²) < 4.78 is 9.69. The van der Waals surface area contributed by atoms with E-state index in [4.69, 9.17) is 9.47 Å². The molecule has 1 aliphatic rings. The Hall–Kier alpha value is -0.930. The maximum Gasteiger partial charge on any atom is 0.146 e. The summed E-state index contributed by atoms with van der Waals surface area (Å²) >= 11 is 0. The Morgan fingerprint density at radius 1 is 0.917 bits per heavy atom. The van der Waals surface area contributed by atoms with Crippen molar-refractivity contribution in [1.82, 2.24) is 4.98 Å². The molecule has 0 aliphatic carbocycles. The Bertz CT molecular complexity index is 137. The van der Waals surface area contributed by atoms with Crippen LogP contribution >= 0.6 is 0 Å². The second kappa shape index (κ2) is 6.76. The molecular weight excluding hydrogens is 154 g/mol. The maximum absolute atomic E-state index is 4.85. The van der Waals surface area contributed by atoms with Gasteiger partial charge in [0.25, 0.3) is 0 Å². The summed E-state index contributed by atoms with van der Waals surface area (Å²) in [6, 6.07) is 5.72. The van der Waals surface area contributed by atoms with E-state index in [0.29, 0.717) is 6.79 Å². The second-order valence-electron chi connectivity index (χ2n) is 2.31. The molecule has 1 aromatic heterocycles. The zero-order chi connectivity index (χ0) is 8.49. The normalized spacial score (nSPS) is 16.0. The van der Waals surface area contributed by atoms with Gasteiger partial charge in [0, 0.05) is 12.4 Å². The minimum Gasteiger partial charge on any atom is -0.355 e. The quantitative estimate of drug-likeness (QED) is 0.586. The number of hydrogen-bond acceptors (Lipinski definition) is 3. The zero-order valence-electron chi connectivity index (χ0n) is 6.98. The number of hydrogen-bond donors (Lipinski definition) is 0. The molecule has 1 aromatic rings. The molecule has 0 atom stereocenters. The van der Waals surface area contributed by atoms with E-state index in [1.54, 1.807) is 12.4 Å². The van der Waals surface area contributed by atoms with Crippen LogP contribution in [0.1, 0.15) is 6.42 Å². The third kappa shape index (κ3) is 4.82. The monoisotopic (exact) mass is 167 g/mol. The van der Waals surface area contributed by atoms with Gasteiger partial charge < -0.3 is 9.47 Å². The fourth-order valence-electron chi connectivity index (χ4n) is 0.752. The molecular formula is C9H13NO2. The molecule has 2 rings (SSSR count). The number of rotatable bonds is 0. The van der Waals surface area contributed by atoms with E-state index in [-0.39, 0.29) is 0 Å². The van der Waals surface area contributed by atoms with Crippen LogP contribution in [-0.4, -0.2) is 25.0 Å². The molecule has 0 spiro atoms. The van der Waals surface area contributed by atoms with E-state index < -0.39 is 0 Å². The third-order valence-corrected chi connectivity index (χ3v) is 1.31. The van der Waals surface area contributed by atoms with Gasteiger partial charge in [-0.2, -0.15) is 0 Å². The van der Waals surface area contributed by atoms with Gasteiger partial charge in [-0.15, -0.1) is 0 Å². The third-order valence-electron chi connectivity index (χ3n) is 1.31. The SMILES string of the molecule is C1COCOC1.c1ccncc1. The smallest absolute Gasteiger partial charge is 0.146 e. The number of pyridine rings is 1. The number of ether oxygens (including phenoxy) is 2. The molecule has 0 unspecified atom stereocenters. The molecule has 1 fully saturated rings. The van der Waals surface area contributed by atoms with Crippen molar-refractivity contribution in [2.75, 3.05) is 20.0 Å². The molecule has 1 aliphatic heterocycles. The summed E-state index contributed by atoms with van der Waals surface area (Å²) in [6.07, 6.45) is 4.56. The lowest BCUT2D eigenvalue weighted by molar-refractivity contribution is -0.0963. The van der Waals surface area contributed by atoms with E-state index in [1.807, 2.05) is 18.2 Å². The van der Waals surface area contributed by atoms with Gasteiger partial charge in [-0.05, 0) is 18.6 Å². The average Bonchev–Trinajstić information content (AvgIpc) is 2.24. The predicted molar refractivity (Wildman–Crippen MR) is 45.6 cm³/mol. The van der Waals surface area contributed by atoms with E-state index in [2.05, 4.69) is 4.98 Å². The average molecular weight is 167 g/mol. The largest absolute Gasteiger partial charge is 0.355 e. The molecule has 1 saturated heterocycles. The minimum atomic E-state index is 0.500. The van der Waals surface area contributed by atoms with Crippen LogP contribution in [0.2, 0.25) is 0 Å². The fraction of sp³-hybridized carbons (Fsp3) is 0.444. The van der Waals surface area contributed by atoms with Crippen LogP contribution < -0.4 is 0 Å². The van der Waals surface area contributed by atoms with Crippen LogP contribution in [0.25, 0.3) is 0 Å². The van der Waals surface area contributed by atoms with Crippen molar-refractivity contribution in [3.63, 3.8) is 0 Å². The first-order chi connectivity index (χ1) is 6.00. The maximum atomic E-state index is 4.85. The molecule has 3 nitrogen and oxygen atoms in total. The Morgan fingerprint density at radius 2 is 1.58 bits per heavy atom. The summed E-state index contributed by atoms with van der Waals surface area (Å²) in [5, 5.41) is 0. The second-order valence-corrected chi connectivity index (χ2v) is 2.31. The van der Waals surface area contributed by atoms with Crippen LogP contribution in [0, 0.1) is 0 Å². The lowest BCUT2D eigenvalue weighted by Gasteiger charge is -2.09. The molecule has 0 saturated carbocycles. The van der Waals surface area contributed by atoms with Gasteiger partial charge in [0.05, 0.1) is 13.2 Å². The van der Waals surface area contributed by atoms with Crippen LogP contribution in [0.5, 0.6) is 0 Å². The van der Waals surface area contributed by atoms with Crippen LogP contribution in [0.15, 0.2) is 30.6 Å². The topological polar surface area (TPSA) is 31.4 Å². The van der Waals surface area contributed by atoms with E-state index >= 15 is 0 Å². The van der Waals surface area contributed by atoms with Crippen molar-refractivity contribution < 1.29 is 9.47 Å². The molecule has 12 heavy (non-hydrogen) atoms. The molecule has 2 heterocycles. The Kier molecular flexibility index (Phi) is 5.16. The summed E-state index contributed by atoms with van der Waals surface area (Å²) in [5.41, 5.74) is 0. The van der Waals surface area contributed by atoms with Gasteiger partial charge in [-0.25, -0.2) is 0 Å². The molecule has 0 aromatic carbocycles. The first-order valence-corrected chi connectivity index (χ1v) is 4.00. The van der Waals surface area contributed by atoms with Crippen molar-refractivity contribution in [3.8, 4) is 0 Å². The Balaban J connectivity index is 0.000000120. The summed E-state index contributed by atoms with van der Waals surface area (Å²) in [5.74, 6) is 0. The van der Waals surface area contributed by atoms with E-state index in [0.717, 1.165) is 19.6 Å². The van der Waals surface area contributed by atoms with Crippen LogP contribution in [-0.2, 0) is 9.47 Å². The number of aromatic nitrogens is 1. The highest BCUT2D eigenvalue weighted by atomic mass is 16.7. The van der Waals surface area contributed by atoms with Crippen molar-refractivity contribution in [2.45, 2.75) is 6.42 Å². The van der Waals surface area contributed by atoms with Gasteiger partial charge in [0.2, 0.25) is 0 Å². The molecule has 0 radical (unpaired) electrons. The van der Waals surface area contributed by atoms with Gasteiger partial charge in [0.15, 0.2) is 0 Å². The standard InChI is InChI=1S/C5H5N.C4H8O2/c1-2-4-6-5-3-1;1-2-5-4-6-3-1/h1-5H;1-4H2. The lowest BCUT2D eigenvalue weighted by Crippen LogP contribution is -2.11. The van der Waals surface area contributed by atoms with Crippen LogP contribution in [0.4, 0.5) is 0 Å². The summed E-state index contributed by atoms with van der Waals surface area (Å²) in [6.45, 7) is 2.25. The summed E-state index contributed by atoms with van der Waals surface area (Å²) in [7, 11) is 0. The molecule has 0 bridgehead atoms. The first kappa shape index (κ1) is 9.16. The highest BCUT2D eigenvalue weighted by Crippen LogP contribution is 1.91. The Morgan fingerprint density at radius 3 is 1.75 bits per heavy atom. The van der Waals surface area contributed by atoms with Crippen molar-refractivity contribution in [2.24, 2.45) is 0 Å². The zero-order valence-corrected chi connectivity index (χ0v) is 6.98. The summed E-state index contributed by atoms with van der Waals surface area (Å²) in [4.78, 5) is 3.78. The fourth-order valence-corrected chi connectivity index (χ4v) is 0.752. The molecule has 0 N–H and O–H groups in total. The van der Waals surface area contributed by atoms with Crippen LogP contribution in [0.3, 0.4) is 0 Å². The van der Waals surface area contributed by atoms with Crippen molar-refractivity contribution in [1.29, 1.82) is 0 Å². The minimum absolute atomic E-state index is 0.500. The predicted octanol–water partition coefficient (Wildman–Crippen LogP) is 1.46. The number of nitrogens with zero attached hydrogens (tertiary/aromatic N) is 1. The Labute approximate surface area is 72.3 Å². The lowest BCUT2D eigenvalue weighted by atomic mass is 10.5.